The van der Waals surface area contributed by atoms with Gasteiger partial charge in [-0.1, -0.05) is 13.0 Å². The molecule has 1 atom stereocenters. The highest BCUT2D eigenvalue weighted by atomic mass is 16.6. The Kier molecular flexibility index (Phi) is 6.55. The fourth-order valence-electron chi connectivity index (χ4n) is 3.56. The molecule has 1 aromatic carbocycles. The molecule has 1 aliphatic rings. The minimum absolute atomic E-state index is 0.0428. The van der Waals surface area contributed by atoms with Crippen molar-refractivity contribution in [1.29, 1.82) is 0 Å². The molecule has 0 radical (unpaired) electrons. The molecular formula is C23H26N6O3. The van der Waals surface area contributed by atoms with E-state index in [4.69, 9.17) is 4.74 Å². The van der Waals surface area contributed by atoms with E-state index in [9.17, 15) is 10.1 Å². The van der Waals surface area contributed by atoms with Gasteiger partial charge in [0.15, 0.2) is 5.82 Å². The van der Waals surface area contributed by atoms with Gasteiger partial charge in [0.25, 0.3) is 5.69 Å². The van der Waals surface area contributed by atoms with Crippen molar-refractivity contribution in [3.63, 3.8) is 0 Å². The normalized spacial score (nSPS) is 16.1. The predicted octanol–water partition coefficient (Wildman–Crippen LogP) is 3.85. The van der Waals surface area contributed by atoms with E-state index in [0.717, 1.165) is 48.8 Å². The van der Waals surface area contributed by atoms with Gasteiger partial charge in [0.1, 0.15) is 11.6 Å². The number of benzene rings is 1. The lowest BCUT2D eigenvalue weighted by molar-refractivity contribution is -0.384. The number of aromatic nitrogens is 3. The van der Waals surface area contributed by atoms with Crippen molar-refractivity contribution in [1.82, 2.24) is 15.0 Å². The first-order chi connectivity index (χ1) is 15.5. The highest BCUT2D eigenvalue weighted by Gasteiger charge is 2.17. The van der Waals surface area contributed by atoms with Crippen molar-refractivity contribution in [2.45, 2.75) is 32.9 Å². The zero-order valence-electron chi connectivity index (χ0n) is 18.2. The Balaban J connectivity index is 1.46. The Morgan fingerprint density at radius 2 is 2.03 bits per heavy atom. The van der Waals surface area contributed by atoms with Crippen molar-refractivity contribution in [2.24, 2.45) is 0 Å². The zero-order chi connectivity index (χ0) is 22.5. The van der Waals surface area contributed by atoms with Crippen LogP contribution in [0.25, 0.3) is 11.4 Å². The van der Waals surface area contributed by atoms with Crippen LogP contribution in [0.1, 0.15) is 25.1 Å². The number of anilines is 2. The van der Waals surface area contributed by atoms with E-state index in [0.29, 0.717) is 18.2 Å². The molecule has 1 aliphatic heterocycles. The molecule has 0 aliphatic carbocycles. The van der Waals surface area contributed by atoms with Crippen LogP contribution in [0.3, 0.4) is 0 Å². The maximum atomic E-state index is 10.9. The minimum atomic E-state index is -0.418. The summed E-state index contributed by atoms with van der Waals surface area (Å²) >= 11 is 0. The van der Waals surface area contributed by atoms with Crippen LogP contribution < -0.4 is 10.2 Å². The zero-order valence-corrected chi connectivity index (χ0v) is 18.2. The number of ether oxygens (including phenoxy) is 1. The van der Waals surface area contributed by atoms with E-state index in [-0.39, 0.29) is 11.8 Å². The summed E-state index contributed by atoms with van der Waals surface area (Å²) in [6, 6.07) is 12.3. The molecule has 3 aromatic rings. The molecule has 166 valence electrons. The highest BCUT2D eigenvalue weighted by molar-refractivity contribution is 5.59. The van der Waals surface area contributed by atoms with Gasteiger partial charge in [-0.05, 0) is 37.1 Å². The van der Waals surface area contributed by atoms with Gasteiger partial charge in [-0.3, -0.25) is 10.1 Å². The van der Waals surface area contributed by atoms with Crippen LogP contribution in [0.2, 0.25) is 0 Å². The standard InChI is InChI=1S/C23H26N6O3/c1-3-19-12-21(27-23(26-19)18-5-7-20(8-6-18)29(30)31)24-13-17-4-9-22(25-14-17)28-10-11-32-16(2)15-28/h4-9,12,14,16H,3,10-11,13,15H2,1-2H3,(H,24,26,27). The minimum Gasteiger partial charge on any atom is -0.375 e. The van der Waals surface area contributed by atoms with Gasteiger partial charge in [0.05, 0.1) is 17.6 Å². The largest absolute Gasteiger partial charge is 0.375 e. The summed E-state index contributed by atoms with van der Waals surface area (Å²) in [5.74, 6) is 2.20. The van der Waals surface area contributed by atoms with Crippen LogP contribution in [0, 0.1) is 10.1 Å². The smallest absolute Gasteiger partial charge is 0.269 e. The number of morpholine rings is 1. The number of hydrogen-bond acceptors (Lipinski definition) is 8. The first-order valence-corrected chi connectivity index (χ1v) is 10.7. The van der Waals surface area contributed by atoms with E-state index in [1.54, 1.807) is 12.1 Å². The van der Waals surface area contributed by atoms with Crippen LogP contribution in [0.4, 0.5) is 17.3 Å². The van der Waals surface area contributed by atoms with E-state index < -0.39 is 4.92 Å². The molecule has 4 rings (SSSR count). The molecule has 9 nitrogen and oxygen atoms in total. The number of nitro groups is 1. The van der Waals surface area contributed by atoms with E-state index in [1.807, 2.05) is 25.3 Å². The number of nitrogens with zero attached hydrogens (tertiary/aromatic N) is 5. The molecule has 1 fully saturated rings. The third-order valence-corrected chi connectivity index (χ3v) is 5.33. The Labute approximate surface area is 186 Å². The third-order valence-electron chi connectivity index (χ3n) is 5.33. The van der Waals surface area contributed by atoms with Gasteiger partial charge in [-0.25, -0.2) is 15.0 Å². The summed E-state index contributed by atoms with van der Waals surface area (Å²) in [5.41, 5.74) is 2.72. The molecule has 0 spiro atoms. The second-order valence-corrected chi connectivity index (χ2v) is 7.73. The Bertz CT molecular complexity index is 1070. The molecule has 0 bridgehead atoms. The van der Waals surface area contributed by atoms with Crippen molar-refractivity contribution in [3.8, 4) is 11.4 Å². The van der Waals surface area contributed by atoms with Crippen molar-refractivity contribution < 1.29 is 9.66 Å². The molecule has 32 heavy (non-hydrogen) atoms. The van der Waals surface area contributed by atoms with Gasteiger partial charge in [0.2, 0.25) is 0 Å². The van der Waals surface area contributed by atoms with Crippen LogP contribution in [0.15, 0.2) is 48.7 Å². The quantitative estimate of drug-likeness (QED) is 0.441. The molecule has 1 N–H and O–H groups in total. The maximum absolute atomic E-state index is 10.9. The Hall–Kier alpha value is -3.59. The summed E-state index contributed by atoms with van der Waals surface area (Å²) in [7, 11) is 0. The monoisotopic (exact) mass is 434 g/mol. The SMILES string of the molecule is CCc1cc(NCc2ccc(N3CCOC(C)C3)nc2)nc(-c2ccc([N+](=O)[O-])cc2)n1. The summed E-state index contributed by atoms with van der Waals surface area (Å²) in [6.45, 7) is 7.09. The summed E-state index contributed by atoms with van der Waals surface area (Å²) in [6.07, 6.45) is 2.84. The lowest BCUT2D eigenvalue weighted by atomic mass is 10.2. The molecule has 3 heterocycles. The molecule has 1 unspecified atom stereocenters. The lowest BCUT2D eigenvalue weighted by Gasteiger charge is -2.32. The third kappa shape index (κ3) is 5.17. The van der Waals surface area contributed by atoms with E-state index in [2.05, 4.69) is 38.2 Å². The summed E-state index contributed by atoms with van der Waals surface area (Å²) < 4.78 is 5.60. The Morgan fingerprint density at radius 1 is 1.22 bits per heavy atom. The maximum Gasteiger partial charge on any atom is 0.269 e. The Morgan fingerprint density at radius 3 is 2.69 bits per heavy atom. The molecule has 0 amide bonds. The van der Waals surface area contributed by atoms with Gasteiger partial charge in [0, 0.05) is 55.3 Å². The van der Waals surface area contributed by atoms with Crippen LogP contribution in [-0.4, -0.2) is 45.7 Å². The van der Waals surface area contributed by atoms with Crippen LogP contribution >= 0.6 is 0 Å². The fraction of sp³-hybridized carbons (Fsp3) is 0.348. The van der Waals surface area contributed by atoms with Crippen LogP contribution in [0.5, 0.6) is 0 Å². The van der Waals surface area contributed by atoms with Gasteiger partial charge in [-0.15, -0.1) is 0 Å². The van der Waals surface area contributed by atoms with Crippen molar-refractivity contribution >= 4 is 17.3 Å². The van der Waals surface area contributed by atoms with Crippen molar-refractivity contribution in [2.75, 3.05) is 29.9 Å². The number of aryl methyl sites for hydroxylation is 1. The number of hydrogen-bond donors (Lipinski definition) is 1. The average Bonchev–Trinajstić information content (AvgIpc) is 2.83. The second-order valence-electron chi connectivity index (χ2n) is 7.73. The summed E-state index contributed by atoms with van der Waals surface area (Å²) in [4.78, 5) is 26.5. The first kappa shape index (κ1) is 21.6. The van der Waals surface area contributed by atoms with E-state index >= 15 is 0 Å². The second kappa shape index (κ2) is 9.69. The number of nitrogens with one attached hydrogen (secondary N) is 1. The number of pyridine rings is 1. The van der Waals surface area contributed by atoms with Gasteiger partial charge >= 0.3 is 0 Å². The molecular weight excluding hydrogens is 408 g/mol. The fourth-order valence-corrected chi connectivity index (χ4v) is 3.56. The average molecular weight is 435 g/mol. The lowest BCUT2D eigenvalue weighted by Crippen LogP contribution is -2.41. The summed E-state index contributed by atoms with van der Waals surface area (Å²) in [5, 5.41) is 14.2. The molecule has 9 heteroatoms. The number of nitro benzene ring substituents is 1. The van der Waals surface area contributed by atoms with Crippen LogP contribution in [-0.2, 0) is 17.7 Å². The molecule has 0 saturated carbocycles. The number of non-ortho nitro benzene ring substituents is 1. The van der Waals surface area contributed by atoms with Gasteiger partial charge < -0.3 is 15.0 Å². The highest BCUT2D eigenvalue weighted by Crippen LogP contribution is 2.22. The van der Waals surface area contributed by atoms with E-state index in [1.165, 1.54) is 12.1 Å². The first-order valence-electron chi connectivity index (χ1n) is 10.7. The predicted molar refractivity (Wildman–Crippen MR) is 123 cm³/mol. The van der Waals surface area contributed by atoms with Crippen molar-refractivity contribution in [3.05, 3.63) is 70.0 Å². The number of rotatable bonds is 7. The van der Waals surface area contributed by atoms with Gasteiger partial charge in [-0.2, -0.15) is 0 Å². The topological polar surface area (TPSA) is 106 Å². The molecule has 1 saturated heterocycles. The molecule has 2 aromatic heterocycles.